The largest absolute Gasteiger partial charge is 0.490 e. The number of rotatable bonds is 19. The first-order valence-electron chi connectivity index (χ1n) is 17.7. The quantitative estimate of drug-likeness (QED) is 0.0550. The van der Waals surface area contributed by atoms with Crippen molar-refractivity contribution < 1.29 is 38.0 Å². The third kappa shape index (κ3) is 14.6. The van der Waals surface area contributed by atoms with Crippen molar-refractivity contribution >= 4 is 12.3 Å². The Bertz CT molecular complexity index is 1720. The summed E-state index contributed by atoms with van der Waals surface area (Å²) in [5, 5.41) is 0. The van der Waals surface area contributed by atoms with Gasteiger partial charge >= 0.3 is 5.97 Å². The highest BCUT2D eigenvalue weighted by Crippen LogP contribution is 2.21. The van der Waals surface area contributed by atoms with Crippen molar-refractivity contribution in [2.75, 3.05) is 39.6 Å². The molecule has 0 aliphatic heterocycles. The minimum Gasteiger partial charge on any atom is -0.490 e. The van der Waals surface area contributed by atoms with E-state index in [1.807, 2.05) is 120 Å². The highest BCUT2D eigenvalue weighted by Gasteiger charge is 2.31. The van der Waals surface area contributed by atoms with Crippen molar-refractivity contribution in [2.45, 2.75) is 66.3 Å². The molecule has 0 N–H and O–H groups in total. The fourth-order valence-corrected chi connectivity index (χ4v) is 4.92. The lowest BCUT2D eigenvalue weighted by Crippen LogP contribution is -2.40. The molecule has 0 aliphatic carbocycles. The predicted molar refractivity (Wildman–Crippen MR) is 203 cm³/mol. The van der Waals surface area contributed by atoms with Crippen LogP contribution in [0, 0.1) is 23.7 Å². The van der Waals surface area contributed by atoms with Gasteiger partial charge in [0.2, 0.25) is 5.79 Å². The van der Waals surface area contributed by atoms with Gasteiger partial charge in [-0.2, -0.15) is 0 Å². The average molecular weight is 707 g/mol. The first-order chi connectivity index (χ1) is 25.2. The maximum absolute atomic E-state index is 12.1. The Balaban J connectivity index is 1.45. The minimum atomic E-state index is -1.27. The Morgan fingerprint density at radius 2 is 1.15 bits per heavy atom. The molecule has 0 amide bonds. The number of allylic oxidation sites excluding steroid dienone is 2. The molecule has 8 heteroatoms. The zero-order valence-corrected chi connectivity index (χ0v) is 31.2. The third-order valence-corrected chi connectivity index (χ3v) is 7.56. The Morgan fingerprint density at radius 1 is 0.673 bits per heavy atom. The predicted octanol–water partition coefficient (Wildman–Crippen LogP) is 7.46. The molecular weight excluding hydrogens is 656 g/mol. The van der Waals surface area contributed by atoms with Crippen LogP contribution in [0.15, 0.2) is 96.1 Å². The minimum absolute atomic E-state index is 0.323. The monoisotopic (exact) mass is 706 g/mol. The first-order valence-corrected chi connectivity index (χ1v) is 17.7. The molecule has 0 saturated carbocycles. The van der Waals surface area contributed by atoms with Crippen LogP contribution in [0.2, 0.25) is 0 Å². The lowest BCUT2D eigenvalue weighted by Gasteiger charge is -2.27. The molecule has 8 nitrogen and oxygen atoms in total. The van der Waals surface area contributed by atoms with Crippen molar-refractivity contribution in [2.24, 2.45) is 0 Å². The van der Waals surface area contributed by atoms with E-state index in [0.29, 0.717) is 58.2 Å². The summed E-state index contributed by atoms with van der Waals surface area (Å²) in [6.45, 7) is 13.5. The van der Waals surface area contributed by atoms with Crippen LogP contribution in [0.4, 0.5) is 0 Å². The normalized spacial score (nSPS) is 12.1. The molecule has 3 aromatic rings. The van der Waals surface area contributed by atoms with Gasteiger partial charge in [0.25, 0.3) is 0 Å². The van der Waals surface area contributed by atoms with Crippen LogP contribution in [0.1, 0.15) is 63.8 Å². The summed E-state index contributed by atoms with van der Waals surface area (Å²) >= 11 is 0. The van der Waals surface area contributed by atoms with E-state index in [2.05, 4.69) is 23.7 Å². The lowest BCUT2D eigenvalue weighted by atomic mass is 10.1. The van der Waals surface area contributed by atoms with Crippen molar-refractivity contribution in [1.82, 2.24) is 0 Å². The molecule has 0 bridgehead atoms. The number of hydrogen-bond donors (Lipinski definition) is 0. The molecule has 0 fully saturated rings. The Kier molecular flexibility index (Phi) is 18.0. The van der Waals surface area contributed by atoms with Crippen molar-refractivity contribution in [3.05, 3.63) is 118 Å². The summed E-state index contributed by atoms with van der Waals surface area (Å²) in [7, 11) is 0. The number of ether oxygens (including phenoxy) is 6. The number of esters is 1. The van der Waals surface area contributed by atoms with E-state index in [1.54, 1.807) is 6.92 Å². The maximum atomic E-state index is 12.1. The number of aldehydes is 1. The van der Waals surface area contributed by atoms with Crippen LogP contribution in [-0.2, 0) is 41.4 Å². The maximum Gasteiger partial charge on any atom is 0.335 e. The second-order valence-corrected chi connectivity index (χ2v) is 11.6. The van der Waals surface area contributed by atoms with Crippen LogP contribution >= 0.6 is 0 Å². The zero-order chi connectivity index (χ0) is 37.6. The summed E-state index contributed by atoms with van der Waals surface area (Å²) in [4.78, 5) is 23.8. The molecule has 3 rings (SSSR count). The van der Waals surface area contributed by atoms with Gasteiger partial charge in [-0.1, -0.05) is 47.9 Å². The van der Waals surface area contributed by atoms with Gasteiger partial charge in [0, 0.05) is 43.8 Å². The van der Waals surface area contributed by atoms with Gasteiger partial charge in [0.05, 0.1) is 6.61 Å². The second-order valence-electron chi connectivity index (χ2n) is 11.6. The summed E-state index contributed by atoms with van der Waals surface area (Å²) in [6, 6.07) is 23.0. The standard InChI is InChI=1S/C44H50O8/c1-7-47-42(43(46)48-8-2)31-38-19-23-40(24-20-38)49-29-27-34(5)11-13-36-15-17-37(18-16-36)14-12-35(6)28-30-50-41-25-21-39(22-26-41)32-44(33-45,51-9-3)52-10-4/h15-28,33,42H,7-10,29-32H2,1-6H3. The molecule has 1 unspecified atom stereocenters. The summed E-state index contributed by atoms with van der Waals surface area (Å²) in [5.41, 5.74) is 5.45. The van der Waals surface area contributed by atoms with E-state index >= 15 is 0 Å². The van der Waals surface area contributed by atoms with E-state index < -0.39 is 11.9 Å². The van der Waals surface area contributed by atoms with Crippen LogP contribution in [0.3, 0.4) is 0 Å². The Hall–Kier alpha value is -5.12. The topological polar surface area (TPSA) is 89.5 Å². The summed E-state index contributed by atoms with van der Waals surface area (Å²) in [6.07, 6.45) is 4.74. The number of carbonyl (C=O) groups is 2. The SMILES string of the molecule is CCOC(=O)C(Cc1ccc(OCC=C(C)C#Cc2ccc(C#CC(C)=CCOc3ccc(CC(C=O)(OCC)OCC)cc3)cc2)cc1)OCC. The van der Waals surface area contributed by atoms with Crippen LogP contribution in [0.5, 0.6) is 11.5 Å². The first kappa shape index (κ1) is 41.3. The molecule has 0 radical (unpaired) electrons. The second kappa shape index (κ2) is 22.6. The van der Waals surface area contributed by atoms with Gasteiger partial charge in [0.15, 0.2) is 12.4 Å². The van der Waals surface area contributed by atoms with Gasteiger partial charge < -0.3 is 28.4 Å². The highest BCUT2D eigenvalue weighted by atomic mass is 16.7. The van der Waals surface area contributed by atoms with Gasteiger partial charge in [-0.25, -0.2) is 4.79 Å². The smallest absolute Gasteiger partial charge is 0.335 e. The van der Waals surface area contributed by atoms with E-state index in [4.69, 9.17) is 28.4 Å². The van der Waals surface area contributed by atoms with E-state index in [-0.39, 0.29) is 5.97 Å². The molecule has 3 aromatic carbocycles. The molecular formula is C44H50O8. The highest BCUT2D eigenvalue weighted by molar-refractivity contribution is 5.75. The van der Waals surface area contributed by atoms with Gasteiger partial charge in [-0.15, -0.1) is 0 Å². The van der Waals surface area contributed by atoms with Crippen molar-refractivity contribution in [3.8, 4) is 35.2 Å². The van der Waals surface area contributed by atoms with Gasteiger partial charge in [-0.3, -0.25) is 4.79 Å². The third-order valence-electron chi connectivity index (χ3n) is 7.56. The summed E-state index contributed by atoms with van der Waals surface area (Å²) in [5.74, 6) is 12.5. The molecule has 0 saturated heterocycles. The molecule has 0 heterocycles. The van der Waals surface area contributed by atoms with E-state index in [0.717, 1.165) is 45.4 Å². The molecule has 1 atom stereocenters. The van der Waals surface area contributed by atoms with Crippen LogP contribution in [0.25, 0.3) is 0 Å². The fraction of sp³-hybridized carbons (Fsp3) is 0.364. The molecule has 0 aromatic heterocycles. The van der Waals surface area contributed by atoms with Crippen LogP contribution < -0.4 is 9.47 Å². The van der Waals surface area contributed by atoms with E-state index in [9.17, 15) is 9.59 Å². The van der Waals surface area contributed by atoms with E-state index in [1.165, 1.54) is 0 Å². The molecule has 52 heavy (non-hydrogen) atoms. The van der Waals surface area contributed by atoms with Crippen molar-refractivity contribution in [3.63, 3.8) is 0 Å². The zero-order valence-electron chi connectivity index (χ0n) is 31.2. The van der Waals surface area contributed by atoms with Gasteiger partial charge in [0.1, 0.15) is 24.7 Å². The van der Waals surface area contributed by atoms with Crippen molar-refractivity contribution in [1.29, 1.82) is 0 Å². The Morgan fingerprint density at radius 3 is 1.58 bits per heavy atom. The molecule has 0 spiro atoms. The molecule has 274 valence electrons. The average Bonchev–Trinajstić information content (AvgIpc) is 3.15. The number of benzene rings is 3. The van der Waals surface area contributed by atoms with Gasteiger partial charge in [-0.05, 0) is 124 Å². The van der Waals surface area contributed by atoms with Crippen LogP contribution in [-0.4, -0.2) is 63.8 Å². The summed E-state index contributed by atoms with van der Waals surface area (Å²) < 4.78 is 33.6. The lowest BCUT2D eigenvalue weighted by molar-refractivity contribution is -0.214. The molecule has 0 aliphatic rings. The number of hydrogen-bond acceptors (Lipinski definition) is 8. The number of carbonyl (C=O) groups excluding carboxylic acids is 2. The fourth-order valence-electron chi connectivity index (χ4n) is 4.92. The Labute approximate surface area is 309 Å².